The zero-order valence-electron chi connectivity index (χ0n) is 11.9. The second-order valence-corrected chi connectivity index (χ2v) is 8.56. The third kappa shape index (κ3) is 3.62. The summed E-state index contributed by atoms with van der Waals surface area (Å²) in [4.78, 5) is 0.153. The Labute approximate surface area is 139 Å². The topological polar surface area (TPSA) is 63.4 Å². The molecular weight excluding hydrogens is 376 g/mol. The van der Waals surface area contributed by atoms with Crippen molar-refractivity contribution in [2.45, 2.75) is 37.1 Å². The summed E-state index contributed by atoms with van der Waals surface area (Å²) in [5, 5.41) is 0.234. The van der Waals surface area contributed by atoms with Gasteiger partial charge in [-0.15, -0.1) is 0 Å². The Bertz CT molecular complexity index is 609. The summed E-state index contributed by atoms with van der Waals surface area (Å²) in [6, 6.07) is 4.69. The molecule has 7 heteroatoms. The molecule has 2 rings (SSSR count). The maximum Gasteiger partial charge on any atom is 0.244 e. The minimum Gasteiger partial charge on any atom is -0.329 e. The lowest BCUT2D eigenvalue weighted by Crippen LogP contribution is -2.49. The lowest BCUT2D eigenvalue weighted by molar-refractivity contribution is 0.197. The smallest absolute Gasteiger partial charge is 0.244 e. The van der Waals surface area contributed by atoms with Crippen LogP contribution in [0.4, 0.5) is 0 Å². The summed E-state index contributed by atoms with van der Waals surface area (Å²) in [7, 11) is -3.60. The fraction of sp³-hybridized carbons (Fsp3) is 0.571. The number of piperidine rings is 1. The van der Waals surface area contributed by atoms with Gasteiger partial charge >= 0.3 is 0 Å². The van der Waals surface area contributed by atoms with E-state index in [1.165, 1.54) is 4.31 Å². The molecule has 118 valence electrons. The molecule has 1 aliphatic heterocycles. The van der Waals surface area contributed by atoms with E-state index in [4.69, 9.17) is 17.3 Å². The molecular formula is C14H20BrClN2O2S. The molecule has 1 aromatic carbocycles. The fourth-order valence-corrected chi connectivity index (χ4v) is 5.50. The van der Waals surface area contributed by atoms with Crippen LogP contribution >= 0.6 is 27.5 Å². The van der Waals surface area contributed by atoms with Crippen LogP contribution in [0.15, 0.2) is 27.6 Å². The Kier molecular flexibility index (Phi) is 5.71. The van der Waals surface area contributed by atoms with Gasteiger partial charge in [0.25, 0.3) is 0 Å². The van der Waals surface area contributed by atoms with Crippen LogP contribution in [0.1, 0.15) is 26.2 Å². The summed E-state index contributed by atoms with van der Waals surface area (Å²) in [6.07, 6.45) is 2.75. The number of nitrogens with zero attached hydrogens (tertiary/aromatic N) is 1. The van der Waals surface area contributed by atoms with Gasteiger partial charge in [0.2, 0.25) is 10.0 Å². The number of halogens is 2. The summed E-state index contributed by atoms with van der Waals surface area (Å²) < 4.78 is 28.0. The van der Waals surface area contributed by atoms with Gasteiger partial charge in [0, 0.05) is 23.6 Å². The maximum absolute atomic E-state index is 12.9. The van der Waals surface area contributed by atoms with Gasteiger partial charge in [0.15, 0.2) is 0 Å². The molecule has 0 radical (unpaired) electrons. The van der Waals surface area contributed by atoms with E-state index in [9.17, 15) is 8.42 Å². The van der Waals surface area contributed by atoms with E-state index in [1.54, 1.807) is 18.2 Å². The molecule has 0 aliphatic carbocycles. The van der Waals surface area contributed by atoms with Gasteiger partial charge in [-0.05, 0) is 37.0 Å². The minimum atomic E-state index is -3.60. The molecule has 4 nitrogen and oxygen atoms in total. The SMILES string of the molecule is CCC1CCN(S(=O)(=O)c2ccc(Br)cc2Cl)C(CN)C1. The average Bonchev–Trinajstić information content (AvgIpc) is 2.46. The van der Waals surface area contributed by atoms with Crippen molar-refractivity contribution in [3.8, 4) is 0 Å². The van der Waals surface area contributed by atoms with E-state index in [0.717, 1.165) is 23.7 Å². The molecule has 1 aliphatic rings. The van der Waals surface area contributed by atoms with Crippen LogP contribution < -0.4 is 5.73 Å². The van der Waals surface area contributed by atoms with Gasteiger partial charge in [-0.2, -0.15) is 4.31 Å². The Morgan fingerprint density at radius 1 is 1.48 bits per heavy atom. The summed E-state index contributed by atoms with van der Waals surface area (Å²) in [5.74, 6) is 0.547. The van der Waals surface area contributed by atoms with Crippen molar-refractivity contribution in [1.82, 2.24) is 4.31 Å². The molecule has 0 spiro atoms. The van der Waals surface area contributed by atoms with Crippen molar-refractivity contribution >= 4 is 37.6 Å². The predicted octanol–water partition coefficient (Wildman–Crippen LogP) is 3.24. The van der Waals surface area contributed by atoms with Crippen molar-refractivity contribution < 1.29 is 8.42 Å². The number of sulfonamides is 1. The Balaban J connectivity index is 2.34. The van der Waals surface area contributed by atoms with Crippen molar-refractivity contribution in [2.75, 3.05) is 13.1 Å². The van der Waals surface area contributed by atoms with E-state index < -0.39 is 10.0 Å². The van der Waals surface area contributed by atoms with Crippen LogP contribution in [-0.4, -0.2) is 31.9 Å². The highest BCUT2D eigenvalue weighted by atomic mass is 79.9. The first-order valence-electron chi connectivity index (χ1n) is 7.07. The third-order valence-corrected chi connectivity index (χ3v) is 7.03. The highest BCUT2D eigenvalue weighted by molar-refractivity contribution is 9.10. The molecule has 1 fully saturated rings. The van der Waals surface area contributed by atoms with E-state index in [1.807, 2.05) is 0 Å². The lowest BCUT2D eigenvalue weighted by Gasteiger charge is -2.37. The van der Waals surface area contributed by atoms with Crippen LogP contribution in [0.25, 0.3) is 0 Å². The molecule has 2 unspecified atom stereocenters. The number of benzene rings is 1. The highest BCUT2D eigenvalue weighted by Crippen LogP contribution is 2.33. The predicted molar refractivity (Wildman–Crippen MR) is 88.9 cm³/mol. The van der Waals surface area contributed by atoms with Gasteiger partial charge in [-0.25, -0.2) is 8.42 Å². The Hall–Kier alpha value is -0.140. The van der Waals surface area contributed by atoms with Gasteiger partial charge < -0.3 is 5.73 Å². The zero-order valence-corrected chi connectivity index (χ0v) is 15.1. The van der Waals surface area contributed by atoms with Crippen LogP contribution in [0.3, 0.4) is 0 Å². The molecule has 1 heterocycles. The Morgan fingerprint density at radius 3 is 2.76 bits per heavy atom. The minimum absolute atomic E-state index is 0.145. The number of rotatable bonds is 4. The van der Waals surface area contributed by atoms with Crippen molar-refractivity contribution in [3.63, 3.8) is 0 Å². The lowest BCUT2D eigenvalue weighted by atomic mass is 9.90. The highest BCUT2D eigenvalue weighted by Gasteiger charge is 2.36. The monoisotopic (exact) mass is 394 g/mol. The van der Waals surface area contributed by atoms with E-state index in [-0.39, 0.29) is 16.0 Å². The maximum atomic E-state index is 12.9. The normalized spacial score (nSPS) is 24.2. The van der Waals surface area contributed by atoms with Gasteiger partial charge in [-0.3, -0.25) is 0 Å². The van der Waals surface area contributed by atoms with Crippen molar-refractivity contribution in [1.29, 1.82) is 0 Å². The molecule has 2 N–H and O–H groups in total. The first-order chi connectivity index (χ1) is 9.90. The molecule has 0 saturated carbocycles. The standard InChI is InChI=1S/C14H20BrClN2O2S/c1-2-10-5-6-18(12(7-10)9-17)21(19,20)14-4-3-11(15)8-13(14)16/h3-4,8,10,12H,2,5-7,9,17H2,1H3. The zero-order chi connectivity index (χ0) is 15.6. The van der Waals surface area contributed by atoms with E-state index >= 15 is 0 Å². The molecule has 0 aromatic heterocycles. The van der Waals surface area contributed by atoms with Crippen LogP contribution in [0.5, 0.6) is 0 Å². The molecule has 1 aromatic rings. The quantitative estimate of drug-likeness (QED) is 0.851. The largest absolute Gasteiger partial charge is 0.329 e. The van der Waals surface area contributed by atoms with E-state index in [2.05, 4.69) is 22.9 Å². The van der Waals surface area contributed by atoms with Crippen LogP contribution in [0, 0.1) is 5.92 Å². The van der Waals surface area contributed by atoms with Gasteiger partial charge in [0.1, 0.15) is 4.90 Å². The van der Waals surface area contributed by atoms with Crippen LogP contribution in [-0.2, 0) is 10.0 Å². The second kappa shape index (κ2) is 6.96. The van der Waals surface area contributed by atoms with Gasteiger partial charge in [-0.1, -0.05) is 40.9 Å². The molecule has 0 amide bonds. The third-order valence-electron chi connectivity index (χ3n) is 4.10. The molecule has 2 atom stereocenters. The fourth-order valence-electron chi connectivity index (χ4n) is 2.82. The second-order valence-electron chi connectivity index (χ2n) is 5.38. The first-order valence-corrected chi connectivity index (χ1v) is 9.68. The molecule has 21 heavy (non-hydrogen) atoms. The van der Waals surface area contributed by atoms with E-state index in [0.29, 0.717) is 19.0 Å². The van der Waals surface area contributed by atoms with Gasteiger partial charge in [0.05, 0.1) is 5.02 Å². The van der Waals surface area contributed by atoms with Crippen molar-refractivity contribution in [2.24, 2.45) is 11.7 Å². The summed E-state index contributed by atoms with van der Waals surface area (Å²) >= 11 is 9.40. The summed E-state index contributed by atoms with van der Waals surface area (Å²) in [5.41, 5.74) is 5.80. The first kappa shape index (κ1) is 17.2. The Morgan fingerprint density at radius 2 is 2.19 bits per heavy atom. The number of nitrogens with two attached hydrogens (primary N) is 1. The average molecular weight is 396 g/mol. The van der Waals surface area contributed by atoms with Crippen molar-refractivity contribution in [3.05, 3.63) is 27.7 Å². The number of hydrogen-bond donors (Lipinski definition) is 1. The molecule has 1 saturated heterocycles. The number of hydrogen-bond acceptors (Lipinski definition) is 3. The van der Waals surface area contributed by atoms with Crippen LogP contribution in [0.2, 0.25) is 5.02 Å². The molecule has 0 bridgehead atoms. The summed E-state index contributed by atoms with van der Waals surface area (Å²) in [6.45, 7) is 2.98.